The van der Waals surface area contributed by atoms with Crippen molar-refractivity contribution in [3.05, 3.63) is 72.1 Å². The van der Waals surface area contributed by atoms with Crippen LogP contribution in [0.2, 0.25) is 0 Å². The van der Waals surface area contributed by atoms with Gasteiger partial charge < -0.3 is 15.3 Å². The summed E-state index contributed by atoms with van der Waals surface area (Å²) in [4.78, 5) is 6.39. The molecule has 1 atom stereocenters. The molecular weight excluding hydrogens is 342 g/mol. The van der Waals surface area contributed by atoms with Crippen LogP contribution < -0.4 is 5.32 Å². The van der Waals surface area contributed by atoms with Gasteiger partial charge in [0.2, 0.25) is 0 Å². The number of aromatic nitrogens is 1. The SMILES string of the molecule is OCC[C@@H]1Cc2ccccc2CN1C(=S)Nc1cccc2cnccc12. The van der Waals surface area contributed by atoms with Gasteiger partial charge in [0.15, 0.2) is 5.11 Å². The van der Waals surface area contributed by atoms with Crippen molar-refractivity contribution in [2.45, 2.75) is 25.4 Å². The molecule has 132 valence electrons. The summed E-state index contributed by atoms with van der Waals surface area (Å²) in [6, 6.07) is 16.8. The lowest BCUT2D eigenvalue weighted by molar-refractivity contribution is 0.207. The number of aliphatic hydroxyl groups is 1. The van der Waals surface area contributed by atoms with E-state index in [1.807, 2.05) is 30.5 Å². The van der Waals surface area contributed by atoms with Crippen molar-refractivity contribution in [3.63, 3.8) is 0 Å². The number of benzene rings is 2. The fourth-order valence-corrected chi connectivity index (χ4v) is 3.97. The Morgan fingerprint density at radius 2 is 2.00 bits per heavy atom. The van der Waals surface area contributed by atoms with Crippen LogP contribution in [0.1, 0.15) is 17.5 Å². The smallest absolute Gasteiger partial charge is 0.174 e. The van der Waals surface area contributed by atoms with Crippen molar-refractivity contribution in [1.82, 2.24) is 9.88 Å². The second-order valence-electron chi connectivity index (χ2n) is 6.60. The largest absolute Gasteiger partial charge is 0.396 e. The Bertz CT molecular complexity index is 938. The third kappa shape index (κ3) is 3.28. The van der Waals surface area contributed by atoms with Crippen molar-refractivity contribution < 1.29 is 5.11 Å². The third-order valence-corrected chi connectivity index (χ3v) is 5.34. The summed E-state index contributed by atoms with van der Waals surface area (Å²) in [6.45, 7) is 0.922. The van der Waals surface area contributed by atoms with Gasteiger partial charge in [0.05, 0.1) is 0 Å². The number of fused-ring (bicyclic) bond motifs is 2. The highest BCUT2D eigenvalue weighted by molar-refractivity contribution is 7.80. The molecule has 2 heterocycles. The predicted octanol–water partition coefficient (Wildman–Crippen LogP) is 3.74. The molecule has 0 saturated carbocycles. The van der Waals surface area contributed by atoms with Gasteiger partial charge in [-0.3, -0.25) is 4.98 Å². The molecule has 5 heteroatoms. The first-order chi connectivity index (χ1) is 12.8. The first-order valence-corrected chi connectivity index (χ1v) is 9.25. The number of anilines is 1. The molecule has 1 aromatic heterocycles. The van der Waals surface area contributed by atoms with Crippen LogP contribution in [0, 0.1) is 0 Å². The van der Waals surface area contributed by atoms with Gasteiger partial charge in [-0.15, -0.1) is 0 Å². The second-order valence-corrected chi connectivity index (χ2v) is 6.99. The van der Waals surface area contributed by atoms with E-state index in [0.29, 0.717) is 11.5 Å². The summed E-state index contributed by atoms with van der Waals surface area (Å²) < 4.78 is 0. The van der Waals surface area contributed by atoms with Crippen molar-refractivity contribution in [3.8, 4) is 0 Å². The zero-order chi connectivity index (χ0) is 17.9. The molecule has 0 aliphatic carbocycles. The van der Waals surface area contributed by atoms with Crippen LogP contribution in [0.25, 0.3) is 10.8 Å². The van der Waals surface area contributed by atoms with Gasteiger partial charge in [-0.2, -0.15) is 0 Å². The summed E-state index contributed by atoms with van der Waals surface area (Å²) in [5, 5.41) is 15.8. The Labute approximate surface area is 158 Å². The summed E-state index contributed by atoms with van der Waals surface area (Å²) >= 11 is 5.76. The maximum Gasteiger partial charge on any atom is 0.174 e. The number of thiocarbonyl (C=S) groups is 1. The topological polar surface area (TPSA) is 48.4 Å². The van der Waals surface area contributed by atoms with Crippen molar-refractivity contribution in [2.24, 2.45) is 0 Å². The zero-order valence-corrected chi connectivity index (χ0v) is 15.2. The third-order valence-electron chi connectivity index (χ3n) is 5.00. The molecule has 4 rings (SSSR count). The van der Waals surface area contributed by atoms with E-state index in [9.17, 15) is 5.11 Å². The second kappa shape index (κ2) is 7.40. The lowest BCUT2D eigenvalue weighted by Gasteiger charge is -2.38. The minimum absolute atomic E-state index is 0.159. The first kappa shape index (κ1) is 16.9. The molecule has 26 heavy (non-hydrogen) atoms. The summed E-state index contributed by atoms with van der Waals surface area (Å²) in [7, 11) is 0. The van der Waals surface area contributed by atoms with Crippen molar-refractivity contribution >= 4 is 33.8 Å². The number of hydrogen-bond acceptors (Lipinski definition) is 3. The van der Waals surface area contributed by atoms with E-state index >= 15 is 0 Å². The lowest BCUT2D eigenvalue weighted by atomic mass is 9.93. The van der Waals surface area contributed by atoms with E-state index in [4.69, 9.17) is 12.2 Å². The Morgan fingerprint density at radius 3 is 2.85 bits per heavy atom. The molecule has 0 spiro atoms. The summed E-state index contributed by atoms with van der Waals surface area (Å²) in [6.07, 6.45) is 5.26. The molecule has 2 aromatic carbocycles. The summed E-state index contributed by atoms with van der Waals surface area (Å²) in [5.74, 6) is 0. The van der Waals surface area contributed by atoms with E-state index in [0.717, 1.165) is 29.4 Å². The summed E-state index contributed by atoms with van der Waals surface area (Å²) in [5.41, 5.74) is 3.63. The van der Waals surface area contributed by atoms with Gasteiger partial charge in [0.1, 0.15) is 0 Å². The Balaban J connectivity index is 1.61. The molecule has 4 nitrogen and oxygen atoms in total. The molecule has 3 aromatic rings. The maximum atomic E-state index is 9.50. The maximum absolute atomic E-state index is 9.50. The average molecular weight is 363 g/mol. The number of pyridine rings is 1. The molecule has 0 radical (unpaired) electrons. The molecule has 0 saturated heterocycles. The minimum atomic E-state index is 0.159. The van der Waals surface area contributed by atoms with Crippen molar-refractivity contribution in [2.75, 3.05) is 11.9 Å². The highest BCUT2D eigenvalue weighted by Crippen LogP contribution is 2.27. The standard InChI is InChI=1S/C21H21N3OS/c25-11-9-18-12-15-4-1-2-5-17(15)14-24(18)21(26)23-20-7-3-6-16-13-22-10-8-19(16)20/h1-8,10,13,18,25H,9,11-12,14H2,(H,23,26)/t18-/m1/s1. The van der Waals surface area contributed by atoms with E-state index in [1.54, 1.807) is 6.20 Å². The fraction of sp³-hybridized carbons (Fsp3) is 0.238. The van der Waals surface area contributed by atoms with Crippen LogP contribution >= 0.6 is 12.2 Å². The van der Waals surface area contributed by atoms with Gasteiger partial charge in [-0.25, -0.2) is 0 Å². The number of nitrogens with one attached hydrogen (secondary N) is 1. The van der Waals surface area contributed by atoms with E-state index in [2.05, 4.69) is 39.5 Å². The molecular formula is C21H21N3OS. The highest BCUT2D eigenvalue weighted by atomic mass is 32.1. The number of rotatable bonds is 3. The predicted molar refractivity (Wildman–Crippen MR) is 109 cm³/mol. The molecule has 0 fully saturated rings. The van der Waals surface area contributed by atoms with Crippen LogP contribution in [0.5, 0.6) is 0 Å². The molecule has 0 bridgehead atoms. The van der Waals surface area contributed by atoms with Gasteiger partial charge in [-0.1, -0.05) is 36.4 Å². The number of aliphatic hydroxyl groups excluding tert-OH is 1. The van der Waals surface area contributed by atoms with Gasteiger partial charge in [0.25, 0.3) is 0 Å². The zero-order valence-electron chi connectivity index (χ0n) is 14.4. The monoisotopic (exact) mass is 363 g/mol. The van der Waals surface area contributed by atoms with Crippen LogP contribution in [-0.4, -0.2) is 32.8 Å². The van der Waals surface area contributed by atoms with Crippen LogP contribution in [-0.2, 0) is 13.0 Å². The number of hydrogen-bond donors (Lipinski definition) is 2. The van der Waals surface area contributed by atoms with Gasteiger partial charge >= 0.3 is 0 Å². The minimum Gasteiger partial charge on any atom is -0.396 e. The Morgan fingerprint density at radius 1 is 1.15 bits per heavy atom. The fourth-order valence-electron chi connectivity index (χ4n) is 3.65. The first-order valence-electron chi connectivity index (χ1n) is 8.84. The normalized spacial score (nSPS) is 16.3. The van der Waals surface area contributed by atoms with E-state index < -0.39 is 0 Å². The van der Waals surface area contributed by atoms with Crippen molar-refractivity contribution in [1.29, 1.82) is 0 Å². The van der Waals surface area contributed by atoms with Gasteiger partial charge in [-0.05, 0) is 48.3 Å². The average Bonchev–Trinajstić information content (AvgIpc) is 2.68. The van der Waals surface area contributed by atoms with Crippen LogP contribution in [0.3, 0.4) is 0 Å². The molecule has 0 amide bonds. The van der Waals surface area contributed by atoms with Crippen LogP contribution in [0.15, 0.2) is 60.9 Å². The van der Waals surface area contributed by atoms with E-state index in [-0.39, 0.29) is 12.6 Å². The molecule has 1 aliphatic rings. The van der Waals surface area contributed by atoms with Crippen LogP contribution in [0.4, 0.5) is 5.69 Å². The Kier molecular flexibility index (Phi) is 4.82. The highest BCUT2D eigenvalue weighted by Gasteiger charge is 2.27. The van der Waals surface area contributed by atoms with Gasteiger partial charge in [0, 0.05) is 48.0 Å². The number of nitrogens with zero attached hydrogens (tertiary/aromatic N) is 2. The quantitative estimate of drug-likeness (QED) is 0.694. The van der Waals surface area contributed by atoms with E-state index in [1.165, 1.54) is 11.1 Å². The molecule has 0 unspecified atom stereocenters. The molecule has 1 aliphatic heterocycles. The Hall–Kier alpha value is -2.50. The molecule has 2 N–H and O–H groups in total. The lowest BCUT2D eigenvalue weighted by Crippen LogP contribution is -2.46.